The van der Waals surface area contributed by atoms with Crippen molar-refractivity contribution in [1.82, 2.24) is 9.80 Å². The van der Waals surface area contributed by atoms with Crippen molar-refractivity contribution in [2.45, 2.75) is 91.9 Å². The van der Waals surface area contributed by atoms with Gasteiger partial charge in [0.2, 0.25) is 7.34 Å². The molecule has 2 N–H and O–H groups in total. The maximum atomic E-state index is 12.2. The van der Waals surface area contributed by atoms with Gasteiger partial charge in [0.25, 0.3) is 0 Å². The molecule has 2 heterocycles. The minimum Gasteiger partial charge on any atom is -0.481 e. The predicted octanol–water partition coefficient (Wildman–Crippen LogP) is 3.02. The number of rotatable bonds is 12. The average Bonchev–Trinajstić information content (AvgIpc) is 3.37. The zero-order valence-corrected chi connectivity index (χ0v) is 24.7. The zero-order valence-electron chi connectivity index (χ0n) is 26.7. The van der Waals surface area contributed by atoms with E-state index in [1.54, 1.807) is 4.90 Å². The first-order valence-electron chi connectivity index (χ1n) is 14.9. The molecule has 0 saturated carbocycles. The smallest absolute Gasteiger partial charge is 0.314 e. The molecule has 2 aliphatic rings. The van der Waals surface area contributed by atoms with Crippen LogP contribution in [-0.2, 0) is 33.4 Å². The van der Waals surface area contributed by atoms with Crippen LogP contribution in [0, 0.1) is 17.8 Å². The second kappa shape index (κ2) is 23.9. The molecule has 2 fully saturated rings. The summed E-state index contributed by atoms with van der Waals surface area (Å²) >= 11 is 0. The van der Waals surface area contributed by atoms with E-state index in [0.717, 1.165) is 12.8 Å². The largest absolute Gasteiger partial charge is 0.481 e. The Kier molecular flexibility index (Phi) is 20.9. The van der Waals surface area contributed by atoms with Gasteiger partial charge in [0.15, 0.2) is 0 Å². The topological polar surface area (TPSA) is 151 Å². The molecular weight excluding hydrogens is 520 g/mol. The maximum Gasteiger partial charge on any atom is 0.314 e. The van der Waals surface area contributed by atoms with Crippen molar-refractivity contribution in [3.8, 4) is 12.3 Å². The number of likely N-dealkylation sites (tertiary alicyclic amines) is 1. The fraction of sp³-hybridized carbons (Fsp3) is 0.759. The SMILES string of the molecule is CCN(CC)CC.O=C1CCC(=O)O1.[3H]CC1(COC(=O)CCC(=O)O)CCN(C(=O)CCCCC#C)CC1.[3H]OC. The second-order valence-corrected chi connectivity index (χ2v) is 9.31. The lowest BCUT2D eigenvalue weighted by molar-refractivity contribution is -0.152. The normalized spacial score (nSPS) is 15.8. The molecule has 40 heavy (non-hydrogen) atoms. The Labute approximate surface area is 242 Å². The average molecular weight is 575 g/mol. The van der Waals surface area contributed by atoms with Crippen molar-refractivity contribution < 1.29 is 45.0 Å². The predicted molar refractivity (Wildman–Crippen MR) is 151 cm³/mol. The zero-order chi connectivity index (χ0) is 32.4. The maximum absolute atomic E-state index is 12.2. The minimum atomic E-state index is -1.04. The molecule has 2 aliphatic heterocycles. The van der Waals surface area contributed by atoms with Gasteiger partial charge in [-0.25, -0.2) is 0 Å². The summed E-state index contributed by atoms with van der Waals surface area (Å²) in [4.78, 5) is 58.4. The first kappa shape index (κ1) is 35.1. The standard InChI is InChI=1S/C18H27NO5.C6H15N.C4H4O3.CH4O/c1-3-4-5-6-7-15(20)19-12-10-18(2,11-13-19)14-24-17(23)9-8-16(21)22;1-4-7(5-2)6-3;5-3-1-2-4(6)7-3;1-2/h1H,4-14H2,2H3,(H,21,22);4-6H2,1-3H3;1-2H2;2H,1H3/i2T;;;2T. The molecule has 11 heteroatoms. The van der Waals surface area contributed by atoms with Crippen LogP contribution in [0.4, 0.5) is 0 Å². The van der Waals surface area contributed by atoms with Crippen molar-refractivity contribution in [1.29, 1.82) is 1.43 Å². The highest BCUT2D eigenvalue weighted by Crippen LogP contribution is 2.31. The number of terminal acetylenes is 1. The number of nitrogens with zero attached hydrogens (tertiary/aromatic N) is 2. The molecule has 11 nitrogen and oxygen atoms in total. The molecule has 0 spiro atoms. The van der Waals surface area contributed by atoms with Gasteiger partial charge in [0.05, 0.1) is 32.3 Å². The molecule has 0 atom stereocenters. The van der Waals surface area contributed by atoms with Gasteiger partial charge in [0, 0.05) is 39.8 Å². The molecule has 2 saturated heterocycles. The van der Waals surface area contributed by atoms with Gasteiger partial charge in [-0.15, -0.1) is 12.3 Å². The van der Waals surface area contributed by atoms with E-state index in [-0.39, 0.29) is 45.1 Å². The summed E-state index contributed by atoms with van der Waals surface area (Å²) in [6.07, 6.45) is 9.31. The number of cyclic esters (lactones) is 2. The third-order valence-electron chi connectivity index (χ3n) is 6.32. The highest BCUT2D eigenvalue weighted by Gasteiger charge is 2.33. The van der Waals surface area contributed by atoms with Crippen LogP contribution in [0.25, 0.3) is 0 Å². The summed E-state index contributed by atoms with van der Waals surface area (Å²) < 4.78 is 22.7. The second-order valence-electron chi connectivity index (χ2n) is 9.31. The number of carboxylic acid groups (broad SMARTS) is 1. The van der Waals surface area contributed by atoms with Crippen LogP contribution >= 0.6 is 0 Å². The van der Waals surface area contributed by atoms with Gasteiger partial charge < -0.3 is 29.5 Å². The van der Waals surface area contributed by atoms with E-state index in [0.29, 0.717) is 38.8 Å². The van der Waals surface area contributed by atoms with Gasteiger partial charge in [-0.2, -0.15) is 0 Å². The number of hydrogen-bond donors (Lipinski definition) is 2. The number of aliphatic hydroxyl groups excluding tert-OH is 1. The Balaban J connectivity index is 0. The number of piperidine rings is 1. The summed E-state index contributed by atoms with van der Waals surface area (Å²) in [6.45, 7) is 11.5. The van der Waals surface area contributed by atoms with E-state index >= 15 is 0 Å². The Morgan fingerprint density at radius 3 is 2.00 bits per heavy atom. The fourth-order valence-electron chi connectivity index (χ4n) is 3.65. The molecule has 0 radical (unpaired) electrons. The number of aliphatic hydroxyl groups is 1. The Hall–Kier alpha value is -2.97. The molecule has 0 bridgehead atoms. The van der Waals surface area contributed by atoms with E-state index in [9.17, 15) is 24.0 Å². The molecule has 0 aromatic heterocycles. The van der Waals surface area contributed by atoms with E-state index in [1.165, 1.54) is 26.7 Å². The Bertz CT molecular complexity index is 818. The van der Waals surface area contributed by atoms with Crippen molar-refractivity contribution in [3.05, 3.63) is 0 Å². The minimum absolute atomic E-state index is 0.106. The van der Waals surface area contributed by atoms with Gasteiger partial charge in [-0.05, 0) is 45.3 Å². The fourth-order valence-corrected chi connectivity index (χ4v) is 3.65. The van der Waals surface area contributed by atoms with Crippen molar-refractivity contribution in [2.75, 3.05) is 46.4 Å². The third kappa shape index (κ3) is 20.0. The summed E-state index contributed by atoms with van der Waals surface area (Å²) in [5, 5.41) is 12.1. The van der Waals surface area contributed by atoms with Gasteiger partial charge in [-0.1, -0.05) is 27.7 Å². The van der Waals surface area contributed by atoms with Crippen LogP contribution in [0.1, 0.15) is 93.2 Å². The molecule has 230 valence electrons. The highest BCUT2D eigenvalue weighted by molar-refractivity contribution is 5.92. The van der Waals surface area contributed by atoms with Crippen molar-refractivity contribution in [2.24, 2.45) is 5.41 Å². The third-order valence-corrected chi connectivity index (χ3v) is 6.32. The molecule has 1 amide bonds. The Morgan fingerprint density at radius 1 is 1.07 bits per heavy atom. The van der Waals surface area contributed by atoms with Crippen LogP contribution in [-0.4, -0.2) is 97.7 Å². The number of carboxylic acids is 1. The monoisotopic (exact) mass is 574 g/mol. The van der Waals surface area contributed by atoms with Crippen LogP contribution in [0.3, 0.4) is 0 Å². The van der Waals surface area contributed by atoms with Crippen molar-refractivity contribution >= 4 is 29.8 Å². The number of carbonyl (C=O) groups is 5. The number of hydrogen-bond acceptors (Lipinski definition) is 9. The number of amides is 1. The van der Waals surface area contributed by atoms with E-state index < -0.39 is 29.3 Å². The van der Waals surface area contributed by atoms with E-state index in [4.69, 9.17) is 19.1 Å². The van der Waals surface area contributed by atoms with Crippen LogP contribution in [0.2, 0.25) is 0 Å². The summed E-state index contributed by atoms with van der Waals surface area (Å²) in [5.74, 6) is 0.273. The molecule has 0 aromatic rings. The van der Waals surface area contributed by atoms with Gasteiger partial charge in [0.1, 0.15) is 0 Å². The lowest BCUT2D eigenvalue weighted by Crippen LogP contribution is -2.44. The summed E-state index contributed by atoms with van der Waals surface area (Å²) in [7, 11) is 1.29. The number of ether oxygens (including phenoxy) is 2. The number of unbranched alkanes of at least 4 members (excludes halogenated alkanes) is 2. The molecular formula is C29H50N2O9. The number of aliphatic carboxylic acids is 1. The highest BCUT2D eigenvalue weighted by atomic mass is 16.6. The summed E-state index contributed by atoms with van der Waals surface area (Å²) in [5.41, 5.74) is -0.445. The molecule has 0 aromatic carbocycles. The van der Waals surface area contributed by atoms with Crippen LogP contribution in [0.15, 0.2) is 0 Å². The lowest BCUT2D eigenvalue weighted by Gasteiger charge is -2.39. The lowest BCUT2D eigenvalue weighted by atomic mass is 9.81. The summed E-state index contributed by atoms with van der Waals surface area (Å²) in [6, 6.07) is 0. The Morgan fingerprint density at radius 2 is 1.62 bits per heavy atom. The van der Waals surface area contributed by atoms with E-state index in [2.05, 4.69) is 41.4 Å². The molecule has 2 rings (SSSR count). The molecule has 0 unspecified atom stereocenters. The van der Waals surface area contributed by atoms with Crippen LogP contribution in [0.5, 0.6) is 0 Å². The first-order valence-corrected chi connectivity index (χ1v) is 13.8. The van der Waals surface area contributed by atoms with Crippen molar-refractivity contribution in [3.63, 3.8) is 0 Å². The molecule has 0 aliphatic carbocycles. The quantitative estimate of drug-likeness (QED) is 0.154. The van der Waals surface area contributed by atoms with Gasteiger partial charge >= 0.3 is 23.9 Å². The van der Waals surface area contributed by atoms with Gasteiger partial charge in [-0.3, -0.25) is 24.0 Å². The van der Waals surface area contributed by atoms with Crippen LogP contribution < -0.4 is 0 Å². The first-order chi connectivity index (χ1) is 20.0. The number of esters is 3. The van der Waals surface area contributed by atoms with E-state index in [1.807, 2.05) is 0 Å². The number of carbonyl (C=O) groups excluding carboxylic acids is 4.